The van der Waals surface area contributed by atoms with Gasteiger partial charge in [0.05, 0.1) is 29.7 Å². The first-order chi connectivity index (χ1) is 13.8. The van der Waals surface area contributed by atoms with Gasteiger partial charge < -0.3 is 14.0 Å². The van der Waals surface area contributed by atoms with Gasteiger partial charge in [0.15, 0.2) is 27.9 Å². The molecule has 0 spiro atoms. The molecule has 1 aromatic heterocycles. The summed E-state index contributed by atoms with van der Waals surface area (Å²) in [5, 5.41) is 9.03. The molecule has 154 valence electrons. The normalized spacial score (nSPS) is 17.7. The Balaban J connectivity index is 1.77. The second kappa shape index (κ2) is 8.29. The molecule has 0 N–H and O–H groups in total. The summed E-state index contributed by atoms with van der Waals surface area (Å²) >= 11 is 0. The number of hydrogen-bond donors (Lipinski definition) is 0. The lowest BCUT2D eigenvalue weighted by Gasteiger charge is -2.16. The Morgan fingerprint density at radius 1 is 1.24 bits per heavy atom. The van der Waals surface area contributed by atoms with E-state index in [2.05, 4.69) is 0 Å². The van der Waals surface area contributed by atoms with Gasteiger partial charge in [0.2, 0.25) is 5.78 Å². The van der Waals surface area contributed by atoms with Crippen molar-refractivity contribution in [3.8, 4) is 17.6 Å². The van der Waals surface area contributed by atoms with Crippen LogP contribution in [0, 0.1) is 25.2 Å². The molecule has 7 nitrogen and oxygen atoms in total. The summed E-state index contributed by atoms with van der Waals surface area (Å²) in [5.74, 6) is 0.907. The van der Waals surface area contributed by atoms with Crippen molar-refractivity contribution in [2.45, 2.75) is 33.2 Å². The highest BCUT2D eigenvalue weighted by atomic mass is 32.2. The Kier molecular flexibility index (Phi) is 5.99. The van der Waals surface area contributed by atoms with Gasteiger partial charge in [-0.3, -0.25) is 4.79 Å². The van der Waals surface area contributed by atoms with Gasteiger partial charge in [-0.1, -0.05) is 0 Å². The third-order valence-corrected chi connectivity index (χ3v) is 6.84. The number of benzene rings is 1. The average Bonchev–Trinajstić information content (AvgIpc) is 3.18. The molecule has 0 bridgehead atoms. The second-order valence-electron chi connectivity index (χ2n) is 7.13. The zero-order chi connectivity index (χ0) is 21.2. The Bertz CT molecular complexity index is 1080. The number of aromatic nitrogens is 1. The van der Waals surface area contributed by atoms with E-state index in [0.717, 1.165) is 11.4 Å². The van der Waals surface area contributed by atoms with Crippen molar-refractivity contribution in [3.63, 3.8) is 0 Å². The Morgan fingerprint density at radius 2 is 2.00 bits per heavy atom. The van der Waals surface area contributed by atoms with E-state index in [0.29, 0.717) is 35.7 Å². The number of aryl methyl sites for hydroxylation is 1. The van der Waals surface area contributed by atoms with Crippen molar-refractivity contribution in [1.29, 1.82) is 5.26 Å². The second-order valence-corrected chi connectivity index (χ2v) is 9.36. The van der Waals surface area contributed by atoms with Crippen molar-refractivity contribution in [3.05, 3.63) is 46.8 Å². The summed E-state index contributed by atoms with van der Waals surface area (Å²) in [6.45, 7) is 5.76. The smallest absolute Gasteiger partial charge is 0.202 e. The van der Waals surface area contributed by atoms with Crippen LogP contribution in [0.3, 0.4) is 0 Å². The minimum absolute atomic E-state index is 0.108. The lowest BCUT2D eigenvalue weighted by molar-refractivity contribution is 0.0918. The molecule has 1 saturated heterocycles. The van der Waals surface area contributed by atoms with Gasteiger partial charge in [-0.15, -0.1) is 0 Å². The Morgan fingerprint density at radius 3 is 2.62 bits per heavy atom. The minimum atomic E-state index is -3.02. The number of nitriles is 1. The number of nitrogens with zero attached hydrogens (tertiary/aromatic N) is 2. The van der Waals surface area contributed by atoms with Crippen molar-refractivity contribution >= 4 is 15.6 Å². The fraction of sp³-hybridized carbons (Fsp3) is 0.429. The summed E-state index contributed by atoms with van der Waals surface area (Å²) in [6.07, 6.45) is 0.561. The highest BCUT2D eigenvalue weighted by molar-refractivity contribution is 7.91. The molecule has 0 unspecified atom stereocenters. The zero-order valence-electron chi connectivity index (χ0n) is 16.8. The topological polar surface area (TPSA) is 98.4 Å². The van der Waals surface area contributed by atoms with Gasteiger partial charge in [0.1, 0.15) is 0 Å². The Hall–Kier alpha value is -2.79. The zero-order valence-corrected chi connectivity index (χ0v) is 17.6. The fourth-order valence-electron chi connectivity index (χ4n) is 3.79. The molecule has 0 amide bonds. The van der Waals surface area contributed by atoms with Crippen molar-refractivity contribution in [1.82, 2.24) is 4.57 Å². The lowest BCUT2D eigenvalue weighted by Crippen LogP contribution is -2.16. The van der Waals surface area contributed by atoms with E-state index in [1.165, 1.54) is 0 Å². The van der Waals surface area contributed by atoms with Gasteiger partial charge in [-0.25, -0.2) is 8.42 Å². The van der Waals surface area contributed by atoms with Crippen LogP contribution in [-0.4, -0.2) is 43.5 Å². The van der Waals surface area contributed by atoms with E-state index < -0.39 is 9.84 Å². The molecule has 0 saturated carbocycles. The molecule has 2 heterocycles. The largest absolute Gasteiger partial charge is 0.490 e. The van der Waals surface area contributed by atoms with Gasteiger partial charge >= 0.3 is 0 Å². The SMILES string of the molecule is CCOc1cc(C#N)ccc1OCC(=O)c1cc(C)n([C@H]2CCS(=O)(=O)C2)c1C. The fourth-order valence-corrected chi connectivity index (χ4v) is 5.49. The summed E-state index contributed by atoms with van der Waals surface area (Å²) in [5.41, 5.74) is 2.59. The van der Waals surface area contributed by atoms with Crippen molar-refractivity contribution in [2.75, 3.05) is 24.7 Å². The number of ketones is 1. The first kappa shape index (κ1) is 20.9. The van der Waals surface area contributed by atoms with Crippen LogP contribution in [0.1, 0.15) is 46.7 Å². The number of carbonyl (C=O) groups excluding carboxylic acids is 1. The maximum atomic E-state index is 12.8. The number of Topliss-reactive ketones (excluding diaryl/α,β-unsaturated/α-hetero) is 1. The van der Waals surface area contributed by atoms with E-state index in [4.69, 9.17) is 14.7 Å². The summed E-state index contributed by atoms with van der Waals surface area (Å²) < 4.78 is 36.8. The molecule has 8 heteroatoms. The van der Waals surface area contributed by atoms with Crippen LogP contribution < -0.4 is 9.47 Å². The molecular formula is C21H24N2O5S. The molecule has 1 aliphatic rings. The van der Waals surface area contributed by atoms with E-state index in [1.54, 1.807) is 24.3 Å². The van der Waals surface area contributed by atoms with Crippen LogP contribution >= 0.6 is 0 Å². The van der Waals surface area contributed by atoms with Gasteiger partial charge in [0.25, 0.3) is 0 Å². The molecule has 3 rings (SSSR count). The van der Waals surface area contributed by atoms with E-state index in [9.17, 15) is 13.2 Å². The van der Waals surface area contributed by atoms with Crippen LogP contribution in [0.2, 0.25) is 0 Å². The molecule has 1 aromatic carbocycles. The molecule has 1 atom stereocenters. The summed E-state index contributed by atoms with van der Waals surface area (Å²) in [6, 6.07) is 8.50. The summed E-state index contributed by atoms with van der Waals surface area (Å²) in [4.78, 5) is 12.8. The predicted molar refractivity (Wildman–Crippen MR) is 108 cm³/mol. The van der Waals surface area contributed by atoms with E-state index in [-0.39, 0.29) is 29.9 Å². The van der Waals surface area contributed by atoms with Crippen LogP contribution in [0.15, 0.2) is 24.3 Å². The number of rotatable bonds is 7. The number of hydrogen-bond acceptors (Lipinski definition) is 6. The van der Waals surface area contributed by atoms with E-state index >= 15 is 0 Å². The minimum Gasteiger partial charge on any atom is -0.490 e. The van der Waals surface area contributed by atoms with Crippen molar-refractivity contribution < 1.29 is 22.7 Å². The van der Waals surface area contributed by atoms with Crippen LogP contribution in [0.5, 0.6) is 11.5 Å². The molecule has 1 fully saturated rings. The van der Waals surface area contributed by atoms with Crippen LogP contribution in [0.4, 0.5) is 0 Å². The van der Waals surface area contributed by atoms with Gasteiger partial charge in [-0.2, -0.15) is 5.26 Å². The van der Waals surface area contributed by atoms with Crippen molar-refractivity contribution in [2.24, 2.45) is 0 Å². The molecule has 0 aliphatic carbocycles. The Labute approximate surface area is 170 Å². The molecular weight excluding hydrogens is 392 g/mol. The van der Waals surface area contributed by atoms with Crippen LogP contribution in [0.25, 0.3) is 0 Å². The maximum absolute atomic E-state index is 12.8. The molecule has 0 radical (unpaired) electrons. The molecule has 1 aliphatic heterocycles. The predicted octanol–water partition coefficient (Wildman–Crippen LogP) is 3.00. The highest BCUT2D eigenvalue weighted by Crippen LogP contribution is 2.31. The van der Waals surface area contributed by atoms with Gasteiger partial charge in [0, 0.05) is 29.1 Å². The molecule has 29 heavy (non-hydrogen) atoms. The highest BCUT2D eigenvalue weighted by Gasteiger charge is 2.31. The third kappa shape index (κ3) is 4.46. The standard InChI is InChI=1S/C21H24N2O5S/c1-4-27-21-10-16(11-22)5-6-20(21)28-12-19(24)18-9-14(2)23(15(18)3)17-7-8-29(25,26)13-17/h5-6,9-10,17H,4,7-8,12-13H2,1-3H3/t17-/m0/s1. The number of ether oxygens (including phenoxy) is 2. The number of sulfone groups is 1. The lowest BCUT2D eigenvalue weighted by atomic mass is 10.1. The summed E-state index contributed by atoms with van der Waals surface area (Å²) in [7, 11) is -3.02. The quantitative estimate of drug-likeness (QED) is 0.644. The number of carbonyl (C=O) groups is 1. The van der Waals surface area contributed by atoms with Gasteiger partial charge in [-0.05, 0) is 45.4 Å². The average molecular weight is 416 g/mol. The maximum Gasteiger partial charge on any atom is 0.202 e. The van der Waals surface area contributed by atoms with E-state index in [1.807, 2.05) is 31.4 Å². The first-order valence-corrected chi connectivity index (χ1v) is 11.3. The van der Waals surface area contributed by atoms with Crippen LogP contribution in [-0.2, 0) is 9.84 Å². The molecule has 2 aromatic rings. The first-order valence-electron chi connectivity index (χ1n) is 9.47. The third-order valence-electron chi connectivity index (χ3n) is 5.09. The monoisotopic (exact) mass is 416 g/mol.